The molecule has 0 aliphatic carbocycles. The van der Waals surface area contributed by atoms with E-state index in [0.29, 0.717) is 0 Å². The van der Waals surface area contributed by atoms with Crippen molar-refractivity contribution < 1.29 is 105 Å². The minimum Gasteiger partial charge on any atom is -0.487 e. The Labute approximate surface area is 397 Å². The molecule has 1 aromatic carbocycles. The van der Waals surface area contributed by atoms with Crippen LogP contribution < -0.4 is 9.47 Å². The van der Waals surface area contributed by atoms with Gasteiger partial charge in [0.2, 0.25) is 0 Å². The average molecular weight is 991 g/mol. The van der Waals surface area contributed by atoms with Crippen molar-refractivity contribution in [2.24, 2.45) is 0 Å². The number of carbonyl (C=O) groups excluding carboxylic acids is 9. The summed E-state index contributed by atoms with van der Waals surface area (Å²) in [5.41, 5.74) is 0.299. The standard InChI is InChI=1S/C42H50N6O22/c1-19(49)59-17-32-34(63-21(3)51)36(65-23(5)53)38(67-25(7)55)40(69-32)47-13-28(43-45-47)15-61-30-10-27(42(57)58-9)11-31(12-30)62-16-29-14-48(46-44-29)41-39(68-26(8)56)37(66-24(6)54)35(64-22(4)52)33(70-41)18-60-20(2)50/h10-14,32-41H,15-18H2,1-9H3/t32-,33+,34-,35+,36+,37-,38-,39+,40-,41+. The molecule has 2 aliphatic heterocycles. The van der Waals surface area contributed by atoms with Gasteiger partial charge in [-0.2, -0.15) is 0 Å². The average Bonchev–Trinajstić information content (AvgIpc) is 3.95. The highest BCUT2D eigenvalue weighted by atomic mass is 16.7. The lowest BCUT2D eigenvalue weighted by Crippen LogP contribution is -2.60. The van der Waals surface area contributed by atoms with Gasteiger partial charge in [-0.05, 0) is 12.1 Å². The fourth-order valence-electron chi connectivity index (χ4n) is 7.13. The summed E-state index contributed by atoms with van der Waals surface area (Å²) in [7, 11) is 1.16. The fraction of sp³-hybridized carbons (Fsp3) is 0.548. The van der Waals surface area contributed by atoms with Gasteiger partial charge in [-0.25, -0.2) is 14.2 Å². The van der Waals surface area contributed by atoms with Crippen molar-refractivity contribution in [1.29, 1.82) is 0 Å². The van der Waals surface area contributed by atoms with Crippen LogP contribution in [0.2, 0.25) is 0 Å². The monoisotopic (exact) mass is 990 g/mol. The van der Waals surface area contributed by atoms with Gasteiger partial charge in [0.25, 0.3) is 0 Å². The summed E-state index contributed by atoms with van der Waals surface area (Å²) in [6.45, 7) is 7.24. The van der Waals surface area contributed by atoms with E-state index in [-0.39, 0.29) is 41.7 Å². The van der Waals surface area contributed by atoms with Crippen LogP contribution in [-0.4, -0.2) is 153 Å². The molecule has 0 bridgehead atoms. The van der Waals surface area contributed by atoms with E-state index < -0.39 is 128 Å². The molecule has 0 N–H and O–H groups in total. The zero-order valence-electron chi connectivity index (χ0n) is 39.2. The van der Waals surface area contributed by atoms with E-state index in [9.17, 15) is 43.2 Å². The molecule has 5 rings (SSSR count). The number of rotatable bonds is 19. The fourth-order valence-corrected chi connectivity index (χ4v) is 7.13. The number of carbonyl (C=O) groups is 9. The lowest BCUT2D eigenvalue weighted by Gasteiger charge is -2.44. The number of benzene rings is 1. The zero-order chi connectivity index (χ0) is 51.4. The number of esters is 9. The highest BCUT2D eigenvalue weighted by Crippen LogP contribution is 2.36. The molecule has 380 valence electrons. The Morgan fingerprint density at radius 2 is 0.829 bits per heavy atom. The van der Waals surface area contributed by atoms with Crippen LogP contribution in [0.4, 0.5) is 0 Å². The van der Waals surface area contributed by atoms with Crippen LogP contribution in [0.3, 0.4) is 0 Å². The Kier molecular flexibility index (Phi) is 18.2. The number of nitrogens with zero attached hydrogens (tertiary/aromatic N) is 6. The van der Waals surface area contributed by atoms with E-state index in [1.165, 1.54) is 30.6 Å². The SMILES string of the molecule is COC(=O)c1cc(OCc2cn([C@@H]3O[C@H](COC(C)=O)[C@@H](OC(C)=O)[C@H](OC(C)=O)[C@H]3OC(C)=O)nn2)cc(OCc2cn([C@H]3O[C@@H](COC(C)=O)[C@H](OC(C)=O)[C@@H](OC(C)=O)[C@@H]3OC(C)=O)nn2)c1. The highest BCUT2D eigenvalue weighted by Gasteiger charge is 2.55. The molecule has 0 saturated carbocycles. The predicted molar refractivity (Wildman–Crippen MR) is 221 cm³/mol. The summed E-state index contributed by atoms with van der Waals surface area (Å²) < 4.78 is 74.5. The van der Waals surface area contributed by atoms with Crippen LogP contribution in [0.15, 0.2) is 30.6 Å². The van der Waals surface area contributed by atoms with Gasteiger partial charge in [-0.3, -0.25) is 38.4 Å². The molecule has 3 aromatic rings. The molecule has 0 amide bonds. The van der Waals surface area contributed by atoms with Gasteiger partial charge in [-0.1, -0.05) is 10.4 Å². The summed E-state index contributed by atoms with van der Waals surface area (Å²) in [4.78, 5) is 110. The van der Waals surface area contributed by atoms with Gasteiger partial charge >= 0.3 is 53.7 Å². The maximum Gasteiger partial charge on any atom is 0.338 e. The van der Waals surface area contributed by atoms with Gasteiger partial charge in [0.1, 0.15) is 61.5 Å². The van der Waals surface area contributed by atoms with Crippen LogP contribution in [0.5, 0.6) is 11.5 Å². The minimum atomic E-state index is -1.47. The van der Waals surface area contributed by atoms with Crippen LogP contribution in [0, 0.1) is 0 Å². The van der Waals surface area contributed by atoms with Crippen molar-refractivity contribution >= 4 is 53.7 Å². The molecule has 0 unspecified atom stereocenters. The first-order valence-corrected chi connectivity index (χ1v) is 21.0. The Morgan fingerprint density at radius 1 is 0.486 bits per heavy atom. The zero-order valence-corrected chi connectivity index (χ0v) is 39.2. The number of methoxy groups -OCH3 is 1. The summed E-state index contributed by atoms with van der Waals surface area (Å²) >= 11 is 0. The number of ether oxygens (including phenoxy) is 13. The Hall–Kier alpha value is -7.75. The number of hydrogen-bond acceptors (Lipinski definition) is 26. The summed E-state index contributed by atoms with van der Waals surface area (Å²) in [6, 6.07) is 4.12. The summed E-state index contributed by atoms with van der Waals surface area (Å²) in [6.07, 6.45) is -11.3. The summed E-state index contributed by atoms with van der Waals surface area (Å²) in [5, 5.41) is 16.4. The molecule has 2 aromatic heterocycles. The molecule has 0 radical (unpaired) electrons. The number of aromatic nitrogens is 6. The second-order valence-corrected chi connectivity index (χ2v) is 15.3. The van der Waals surface area contributed by atoms with Crippen LogP contribution in [0.25, 0.3) is 0 Å². The van der Waals surface area contributed by atoms with E-state index in [2.05, 4.69) is 20.6 Å². The third-order valence-corrected chi connectivity index (χ3v) is 9.64. The molecule has 2 aliphatic rings. The van der Waals surface area contributed by atoms with E-state index in [0.717, 1.165) is 71.9 Å². The first-order valence-electron chi connectivity index (χ1n) is 21.0. The van der Waals surface area contributed by atoms with E-state index in [1.807, 2.05) is 0 Å². The normalized spacial score (nSPS) is 23.8. The second-order valence-electron chi connectivity index (χ2n) is 15.3. The largest absolute Gasteiger partial charge is 0.487 e. The van der Waals surface area contributed by atoms with Gasteiger partial charge in [0.15, 0.2) is 49.1 Å². The third-order valence-electron chi connectivity index (χ3n) is 9.64. The molecule has 4 heterocycles. The molecule has 2 fully saturated rings. The summed E-state index contributed by atoms with van der Waals surface area (Å²) in [5.74, 6) is -6.94. The topological polar surface area (TPSA) is 335 Å². The van der Waals surface area contributed by atoms with Gasteiger partial charge in [0, 0.05) is 61.5 Å². The van der Waals surface area contributed by atoms with Gasteiger partial charge < -0.3 is 61.6 Å². The van der Waals surface area contributed by atoms with Crippen LogP contribution >= 0.6 is 0 Å². The first-order chi connectivity index (χ1) is 33.1. The lowest BCUT2D eigenvalue weighted by molar-refractivity contribution is -0.270. The second kappa shape index (κ2) is 24.0. The molecule has 70 heavy (non-hydrogen) atoms. The van der Waals surface area contributed by atoms with Crippen molar-refractivity contribution in [3.63, 3.8) is 0 Å². The predicted octanol–water partition coefficient (Wildman–Crippen LogP) is 0.325. The van der Waals surface area contributed by atoms with Crippen molar-refractivity contribution in [1.82, 2.24) is 30.0 Å². The quantitative estimate of drug-likeness (QED) is 0.115. The Bertz CT molecular complexity index is 2270. The van der Waals surface area contributed by atoms with Crippen molar-refractivity contribution in [2.75, 3.05) is 20.3 Å². The molecular weight excluding hydrogens is 940 g/mol. The molecule has 28 heteroatoms. The molecular formula is C42H50N6O22. The maximum absolute atomic E-state index is 12.8. The number of hydrogen-bond donors (Lipinski definition) is 0. The van der Waals surface area contributed by atoms with Crippen LogP contribution in [0.1, 0.15) is 89.6 Å². The van der Waals surface area contributed by atoms with Gasteiger partial charge in [-0.15, -0.1) is 10.2 Å². The smallest absolute Gasteiger partial charge is 0.338 e. The van der Waals surface area contributed by atoms with Crippen molar-refractivity contribution in [3.05, 3.63) is 47.5 Å². The van der Waals surface area contributed by atoms with E-state index >= 15 is 0 Å². The van der Waals surface area contributed by atoms with E-state index in [4.69, 9.17) is 61.6 Å². The lowest BCUT2D eigenvalue weighted by atomic mass is 9.97. The molecule has 0 spiro atoms. The first kappa shape index (κ1) is 53.2. The Balaban J connectivity index is 1.37. The molecule has 10 atom stereocenters. The third kappa shape index (κ3) is 14.6. The van der Waals surface area contributed by atoms with Gasteiger partial charge in [0.05, 0.1) is 25.1 Å². The van der Waals surface area contributed by atoms with E-state index in [1.54, 1.807) is 0 Å². The molecule has 2 saturated heterocycles. The maximum atomic E-state index is 12.8. The molecule has 28 nitrogen and oxygen atoms in total. The van der Waals surface area contributed by atoms with Crippen molar-refractivity contribution in [2.45, 2.75) is 130 Å². The highest BCUT2D eigenvalue weighted by molar-refractivity contribution is 5.90. The Morgan fingerprint density at radius 3 is 1.16 bits per heavy atom. The van der Waals surface area contributed by atoms with Crippen molar-refractivity contribution in [3.8, 4) is 11.5 Å². The minimum absolute atomic E-state index is 0.00250. The van der Waals surface area contributed by atoms with Crippen LogP contribution in [-0.2, 0) is 104 Å².